The molecular formula is C19H19N5OS. The number of nitrogens with one attached hydrogen (secondary N) is 1. The van der Waals surface area contributed by atoms with E-state index in [4.69, 9.17) is 0 Å². The lowest BCUT2D eigenvalue weighted by Gasteiger charge is -2.39. The summed E-state index contributed by atoms with van der Waals surface area (Å²) in [5, 5.41) is 11.7. The smallest absolute Gasteiger partial charge is 0.251 e. The number of hydrogen-bond acceptors (Lipinski definition) is 6. The van der Waals surface area contributed by atoms with Crippen LogP contribution in [0.3, 0.4) is 0 Å². The van der Waals surface area contributed by atoms with Gasteiger partial charge in [-0.3, -0.25) is 4.79 Å². The lowest BCUT2D eigenvalue weighted by atomic mass is 10.00. The minimum atomic E-state index is -0.0210. The average molecular weight is 365 g/mol. The van der Waals surface area contributed by atoms with Crippen molar-refractivity contribution in [2.24, 2.45) is 5.92 Å². The molecule has 0 unspecified atom stereocenters. The zero-order chi connectivity index (χ0) is 17.5. The molecule has 7 heteroatoms. The molecule has 0 atom stereocenters. The number of rotatable bonds is 5. The van der Waals surface area contributed by atoms with Crippen LogP contribution in [0, 0.1) is 5.92 Å². The largest absolute Gasteiger partial charge is 0.354 e. The zero-order valence-electron chi connectivity index (χ0n) is 14.3. The highest BCUT2D eigenvalue weighted by molar-refractivity contribution is 7.16. The lowest BCUT2D eigenvalue weighted by molar-refractivity contribution is 0.0944. The van der Waals surface area contributed by atoms with Crippen molar-refractivity contribution in [3.63, 3.8) is 0 Å². The zero-order valence-corrected chi connectivity index (χ0v) is 15.1. The van der Waals surface area contributed by atoms with Crippen LogP contribution in [0.5, 0.6) is 0 Å². The number of carbonyl (C=O) groups is 1. The summed E-state index contributed by atoms with van der Waals surface area (Å²) < 4.78 is 1.04. The lowest BCUT2D eigenvalue weighted by Crippen LogP contribution is -2.51. The van der Waals surface area contributed by atoms with Gasteiger partial charge in [0, 0.05) is 37.0 Å². The molecule has 1 saturated heterocycles. The molecule has 1 aliphatic heterocycles. The minimum absolute atomic E-state index is 0.0210. The van der Waals surface area contributed by atoms with Crippen LogP contribution in [-0.2, 0) is 0 Å². The molecule has 2 aliphatic rings. The summed E-state index contributed by atoms with van der Waals surface area (Å²) in [5.74, 6) is 2.01. The molecule has 1 N–H and O–H groups in total. The highest BCUT2D eigenvalue weighted by Crippen LogP contribution is 2.38. The Kier molecular flexibility index (Phi) is 3.81. The number of fused-ring (bicyclic) bond motifs is 1. The van der Waals surface area contributed by atoms with Crippen LogP contribution in [0.2, 0.25) is 0 Å². The molecule has 1 aliphatic carbocycles. The van der Waals surface area contributed by atoms with E-state index >= 15 is 0 Å². The first kappa shape index (κ1) is 15.7. The first-order valence-electron chi connectivity index (χ1n) is 8.96. The van der Waals surface area contributed by atoms with E-state index in [9.17, 15) is 4.79 Å². The SMILES string of the molecule is O=C(NCC1CN(c2ccc(C3CC3)nn2)C1)c1ccc2ncsc2c1. The standard InChI is InChI=1S/C19H19N5OS/c25-19(14-3-4-16-17(7-14)26-11-21-16)20-8-12-9-24(10-12)18-6-5-15(22-23-18)13-1-2-13/h3-7,11-13H,1-2,8-10H2,(H,20,25). The molecule has 3 aromatic rings. The van der Waals surface area contributed by atoms with E-state index in [0.29, 0.717) is 23.9 Å². The molecule has 132 valence electrons. The van der Waals surface area contributed by atoms with Crippen molar-refractivity contribution >= 4 is 33.3 Å². The third-order valence-corrected chi connectivity index (χ3v) is 5.88. The van der Waals surface area contributed by atoms with Crippen molar-refractivity contribution in [1.29, 1.82) is 0 Å². The number of thiazole rings is 1. The van der Waals surface area contributed by atoms with Gasteiger partial charge in [0.05, 0.1) is 21.4 Å². The van der Waals surface area contributed by atoms with Crippen LogP contribution >= 0.6 is 11.3 Å². The summed E-state index contributed by atoms with van der Waals surface area (Å²) in [5.41, 5.74) is 4.56. The summed E-state index contributed by atoms with van der Waals surface area (Å²) in [6.45, 7) is 2.50. The Bertz CT molecular complexity index is 944. The fraction of sp³-hybridized carbons (Fsp3) is 0.368. The molecule has 6 nitrogen and oxygen atoms in total. The third-order valence-electron chi connectivity index (χ3n) is 5.09. The van der Waals surface area contributed by atoms with Crippen LogP contribution in [0.25, 0.3) is 10.2 Å². The first-order chi connectivity index (χ1) is 12.8. The summed E-state index contributed by atoms with van der Waals surface area (Å²) >= 11 is 1.55. The van der Waals surface area contributed by atoms with E-state index in [1.165, 1.54) is 12.8 Å². The van der Waals surface area contributed by atoms with Gasteiger partial charge in [-0.1, -0.05) is 0 Å². The van der Waals surface area contributed by atoms with Gasteiger partial charge in [-0.25, -0.2) is 4.98 Å². The highest BCUT2D eigenvalue weighted by atomic mass is 32.1. The fourth-order valence-corrected chi connectivity index (χ4v) is 4.04. The van der Waals surface area contributed by atoms with Gasteiger partial charge >= 0.3 is 0 Å². The Balaban J connectivity index is 1.13. The molecule has 3 heterocycles. The molecule has 5 rings (SSSR count). The number of nitrogens with zero attached hydrogens (tertiary/aromatic N) is 4. The fourth-order valence-electron chi connectivity index (χ4n) is 3.32. The monoisotopic (exact) mass is 365 g/mol. The maximum atomic E-state index is 12.4. The van der Waals surface area contributed by atoms with Gasteiger partial charge in [0.15, 0.2) is 5.82 Å². The Morgan fingerprint density at radius 2 is 2.08 bits per heavy atom. The quantitative estimate of drug-likeness (QED) is 0.753. The summed E-state index contributed by atoms with van der Waals surface area (Å²) in [4.78, 5) is 18.8. The number of amides is 1. The van der Waals surface area contributed by atoms with Crippen molar-refractivity contribution in [3.8, 4) is 0 Å². The maximum absolute atomic E-state index is 12.4. The van der Waals surface area contributed by atoms with E-state index in [1.807, 2.05) is 18.2 Å². The first-order valence-corrected chi connectivity index (χ1v) is 9.84. The van der Waals surface area contributed by atoms with Gasteiger partial charge in [-0.2, -0.15) is 5.10 Å². The van der Waals surface area contributed by atoms with E-state index in [2.05, 4.69) is 37.5 Å². The van der Waals surface area contributed by atoms with Crippen molar-refractivity contribution < 1.29 is 4.79 Å². The van der Waals surface area contributed by atoms with E-state index in [0.717, 1.165) is 34.8 Å². The van der Waals surface area contributed by atoms with Crippen LogP contribution in [-0.4, -0.2) is 40.7 Å². The second-order valence-corrected chi connectivity index (χ2v) is 7.99. The molecule has 1 amide bonds. The number of carbonyl (C=O) groups excluding carboxylic acids is 1. The molecule has 0 radical (unpaired) electrons. The molecule has 2 aromatic heterocycles. The van der Waals surface area contributed by atoms with Crippen molar-refractivity contribution in [2.45, 2.75) is 18.8 Å². The molecule has 0 spiro atoms. The van der Waals surface area contributed by atoms with Crippen LogP contribution in [0.4, 0.5) is 5.82 Å². The van der Waals surface area contributed by atoms with Gasteiger partial charge in [-0.05, 0) is 43.2 Å². The summed E-state index contributed by atoms with van der Waals surface area (Å²) in [6, 6.07) is 9.81. The van der Waals surface area contributed by atoms with E-state index in [-0.39, 0.29) is 5.91 Å². The van der Waals surface area contributed by atoms with Gasteiger partial charge in [0.2, 0.25) is 0 Å². The van der Waals surface area contributed by atoms with Crippen molar-refractivity contribution in [3.05, 3.63) is 47.1 Å². The predicted molar refractivity (Wildman–Crippen MR) is 102 cm³/mol. The number of benzene rings is 1. The van der Waals surface area contributed by atoms with E-state index < -0.39 is 0 Å². The number of anilines is 1. The van der Waals surface area contributed by atoms with E-state index in [1.54, 1.807) is 16.8 Å². The molecular weight excluding hydrogens is 346 g/mol. The Labute approximate surface area is 155 Å². The molecule has 2 fully saturated rings. The number of hydrogen-bond donors (Lipinski definition) is 1. The minimum Gasteiger partial charge on any atom is -0.354 e. The van der Waals surface area contributed by atoms with Gasteiger partial charge in [0.25, 0.3) is 5.91 Å². The van der Waals surface area contributed by atoms with Crippen LogP contribution in [0.15, 0.2) is 35.8 Å². The Hall–Kier alpha value is -2.54. The highest BCUT2D eigenvalue weighted by Gasteiger charge is 2.29. The van der Waals surface area contributed by atoms with Gasteiger partial charge < -0.3 is 10.2 Å². The van der Waals surface area contributed by atoms with Gasteiger partial charge in [0.1, 0.15) is 0 Å². The van der Waals surface area contributed by atoms with Crippen LogP contribution < -0.4 is 10.2 Å². The average Bonchev–Trinajstić information content (AvgIpc) is 3.37. The summed E-state index contributed by atoms with van der Waals surface area (Å²) in [7, 11) is 0. The second kappa shape index (κ2) is 6.32. The normalized spacial score (nSPS) is 17.3. The molecule has 1 saturated carbocycles. The second-order valence-electron chi connectivity index (χ2n) is 7.11. The summed E-state index contributed by atoms with van der Waals surface area (Å²) in [6.07, 6.45) is 2.49. The topological polar surface area (TPSA) is 71.0 Å². The third kappa shape index (κ3) is 3.03. The van der Waals surface area contributed by atoms with Crippen molar-refractivity contribution in [1.82, 2.24) is 20.5 Å². The molecule has 26 heavy (non-hydrogen) atoms. The molecule has 0 bridgehead atoms. The van der Waals surface area contributed by atoms with Crippen molar-refractivity contribution in [2.75, 3.05) is 24.5 Å². The maximum Gasteiger partial charge on any atom is 0.251 e. The molecule has 1 aromatic carbocycles. The van der Waals surface area contributed by atoms with Gasteiger partial charge in [-0.15, -0.1) is 16.4 Å². The Morgan fingerprint density at radius 1 is 1.19 bits per heavy atom. The Morgan fingerprint density at radius 3 is 2.85 bits per heavy atom. The number of aromatic nitrogens is 3. The predicted octanol–water partition coefficient (Wildman–Crippen LogP) is 2.83. The van der Waals surface area contributed by atoms with Crippen LogP contribution in [0.1, 0.15) is 34.8 Å².